The number of nitrogens with one attached hydrogen (secondary N) is 1. The van der Waals surface area contributed by atoms with E-state index in [4.69, 9.17) is 15.9 Å². The molecule has 3 rings (SSSR count). The van der Waals surface area contributed by atoms with Crippen molar-refractivity contribution in [3.05, 3.63) is 54.6 Å². The first kappa shape index (κ1) is 19.3. The highest BCUT2D eigenvalue weighted by Crippen LogP contribution is 2.23. The van der Waals surface area contributed by atoms with Gasteiger partial charge in [0.25, 0.3) is 5.91 Å². The van der Waals surface area contributed by atoms with E-state index in [0.29, 0.717) is 11.5 Å². The Morgan fingerprint density at radius 2 is 1.71 bits per heavy atom. The molecule has 2 aromatic carbocycles. The molecule has 0 bridgehead atoms. The van der Waals surface area contributed by atoms with Gasteiger partial charge in [0, 0.05) is 6.42 Å². The zero-order valence-corrected chi connectivity index (χ0v) is 15.1. The van der Waals surface area contributed by atoms with E-state index in [0.717, 1.165) is 10.6 Å². The maximum absolute atomic E-state index is 12.1. The fourth-order valence-electron chi connectivity index (χ4n) is 2.69. The molecule has 1 heterocycles. The van der Waals surface area contributed by atoms with Gasteiger partial charge in [-0.15, -0.1) is 12.3 Å². The number of amides is 3. The highest BCUT2D eigenvalue weighted by molar-refractivity contribution is 6.04. The number of nitrogens with zero attached hydrogens (tertiary/aromatic N) is 1. The maximum Gasteiger partial charge on any atom is 0.324 e. The number of para-hydroxylation sites is 1. The van der Waals surface area contributed by atoms with E-state index >= 15 is 0 Å². The molecule has 0 aliphatic carbocycles. The topological polar surface area (TPSA) is 88.1 Å². The van der Waals surface area contributed by atoms with Gasteiger partial charge in [-0.05, 0) is 36.4 Å². The van der Waals surface area contributed by atoms with Crippen LogP contribution in [-0.4, -0.2) is 47.2 Å². The summed E-state index contributed by atoms with van der Waals surface area (Å²) in [6, 6.07) is 15.0. The lowest BCUT2D eigenvalue weighted by atomic mass is 10.2. The Kier molecular flexibility index (Phi) is 6.14. The number of carbonyl (C=O) groups excluding carboxylic acids is 2. The highest BCUT2D eigenvalue weighted by atomic mass is 16.5. The normalized spacial score (nSPS) is 17.0. The molecule has 1 saturated heterocycles. The number of urea groups is 1. The average molecular weight is 380 g/mol. The van der Waals surface area contributed by atoms with Gasteiger partial charge in [-0.1, -0.05) is 18.2 Å². The van der Waals surface area contributed by atoms with Crippen molar-refractivity contribution < 1.29 is 24.2 Å². The summed E-state index contributed by atoms with van der Waals surface area (Å²) in [7, 11) is 0. The van der Waals surface area contributed by atoms with E-state index in [1.165, 1.54) is 0 Å². The number of β-amino-alcohol motifs (C(OH)–C–C–N with tert-alkyl or cyclic N) is 1. The molecule has 0 aromatic heterocycles. The summed E-state index contributed by atoms with van der Waals surface area (Å²) in [6.07, 6.45) is 4.27. The van der Waals surface area contributed by atoms with Gasteiger partial charge in [0.15, 0.2) is 0 Å². The summed E-state index contributed by atoms with van der Waals surface area (Å²) in [4.78, 5) is 24.9. The summed E-state index contributed by atoms with van der Waals surface area (Å²) in [5, 5.41) is 12.6. The quantitative estimate of drug-likeness (QED) is 0.541. The van der Waals surface area contributed by atoms with Gasteiger partial charge in [0.1, 0.15) is 36.0 Å². The van der Waals surface area contributed by atoms with E-state index in [9.17, 15) is 14.7 Å². The van der Waals surface area contributed by atoms with Crippen molar-refractivity contribution in [2.45, 2.75) is 18.6 Å². The molecule has 28 heavy (non-hydrogen) atoms. The first-order valence-corrected chi connectivity index (χ1v) is 8.76. The Bertz CT molecular complexity index is 861. The number of carbonyl (C=O) groups is 2. The van der Waals surface area contributed by atoms with Crippen LogP contribution in [0.15, 0.2) is 54.6 Å². The van der Waals surface area contributed by atoms with Crippen molar-refractivity contribution in [1.82, 2.24) is 10.2 Å². The Morgan fingerprint density at radius 1 is 1.07 bits per heavy atom. The Morgan fingerprint density at radius 3 is 2.39 bits per heavy atom. The van der Waals surface area contributed by atoms with Crippen LogP contribution in [0.3, 0.4) is 0 Å². The number of rotatable bonds is 8. The standard InChI is InChI=1S/C21H20N2O5/c1-2-6-19-20(25)23(21(26)22-19)13-15(24)14-27-16-9-11-18(12-10-16)28-17-7-4-3-5-8-17/h1,3-5,7-12,15,19,24H,6,13-14H2,(H,22,26)/t15-,19-/m1/s1. The van der Waals surface area contributed by atoms with Crippen LogP contribution in [0.5, 0.6) is 17.2 Å². The molecule has 3 amide bonds. The molecular formula is C21H20N2O5. The third kappa shape index (κ3) is 4.81. The summed E-state index contributed by atoms with van der Waals surface area (Å²) in [5.74, 6) is 3.81. The lowest BCUT2D eigenvalue weighted by molar-refractivity contribution is -0.128. The zero-order valence-electron chi connectivity index (χ0n) is 15.1. The maximum atomic E-state index is 12.1. The SMILES string of the molecule is C#CC[C@H]1NC(=O)N(C[C@@H](O)COc2ccc(Oc3ccccc3)cc2)C1=O. The van der Waals surface area contributed by atoms with E-state index in [-0.39, 0.29) is 19.6 Å². The molecule has 144 valence electrons. The predicted molar refractivity (Wildman–Crippen MR) is 102 cm³/mol. The molecule has 1 fully saturated rings. The molecule has 0 unspecified atom stereocenters. The Labute approximate surface area is 162 Å². The van der Waals surface area contributed by atoms with E-state index < -0.39 is 24.1 Å². The minimum Gasteiger partial charge on any atom is -0.491 e. The Hall–Kier alpha value is -3.50. The number of aliphatic hydroxyl groups is 1. The third-order valence-electron chi connectivity index (χ3n) is 4.07. The number of aliphatic hydroxyl groups excluding tert-OH is 1. The first-order chi connectivity index (χ1) is 13.6. The number of terminal acetylenes is 1. The second-order valence-corrected chi connectivity index (χ2v) is 6.21. The van der Waals surface area contributed by atoms with Gasteiger partial charge in [-0.2, -0.15) is 0 Å². The molecular weight excluding hydrogens is 360 g/mol. The number of ether oxygens (including phenoxy) is 2. The molecule has 2 N–H and O–H groups in total. The van der Waals surface area contributed by atoms with Gasteiger partial charge in [-0.3, -0.25) is 9.69 Å². The predicted octanol–water partition coefficient (Wildman–Crippen LogP) is 2.16. The van der Waals surface area contributed by atoms with E-state index in [1.54, 1.807) is 24.3 Å². The first-order valence-electron chi connectivity index (χ1n) is 8.76. The van der Waals surface area contributed by atoms with E-state index in [1.807, 2.05) is 30.3 Å². The van der Waals surface area contributed by atoms with Crippen LogP contribution in [-0.2, 0) is 4.79 Å². The van der Waals surface area contributed by atoms with Crippen molar-refractivity contribution in [3.8, 4) is 29.6 Å². The smallest absolute Gasteiger partial charge is 0.324 e. The lowest BCUT2D eigenvalue weighted by Gasteiger charge is -2.18. The summed E-state index contributed by atoms with van der Waals surface area (Å²) >= 11 is 0. The minimum atomic E-state index is -1.03. The number of hydrogen-bond donors (Lipinski definition) is 2. The van der Waals surface area contributed by atoms with Crippen molar-refractivity contribution >= 4 is 11.9 Å². The molecule has 0 radical (unpaired) electrons. The van der Waals surface area contributed by atoms with Gasteiger partial charge in [0.2, 0.25) is 0 Å². The molecule has 1 aliphatic rings. The van der Waals surface area contributed by atoms with Crippen LogP contribution in [0.1, 0.15) is 6.42 Å². The molecule has 1 aliphatic heterocycles. The van der Waals surface area contributed by atoms with Gasteiger partial charge >= 0.3 is 6.03 Å². The van der Waals surface area contributed by atoms with Crippen LogP contribution >= 0.6 is 0 Å². The fourth-order valence-corrected chi connectivity index (χ4v) is 2.69. The Balaban J connectivity index is 1.48. The second kappa shape index (κ2) is 8.93. The minimum absolute atomic E-state index is 0.0737. The van der Waals surface area contributed by atoms with Crippen LogP contribution in [0.25, 0.3) is 0 Å². The second-order valence-electron chi connectivity index (χ2n) is 6.21. The monoisotopic (exact) mass is 380 g/mol. The molecule has 7 nitrogen and oxygen atoms in total. The number of hydrogen-bond acceptors (Lipinski definition) is 5. The van der Waals surface area contributed by atoms with Crippen molar-refractivity contribution in [2.75, 3.05) is 13.2 Å². The molecule has 0 spiro atoms. The molecule has 0 saturated carbocycles. The van der Waals surface area contributed by atoms with Crippen LogP contribution in [0.4, 0.5) is 4.79 Å². The zero-order chi connectivity index (χ0) is 19.9. The average Bonchev–Trinajstić information content (AvgIpc) is 2.96. The highest BCUT2D eigenvalue weighted by Gasteiger charge is 2.38. The van der Waals surface area contributed by atoms with Crippen LogP contribution in [0.2, 0.25) is 0 Å². The fraction of sp³-hybridized carbons (Fsp3) is 0.238. The van der Waals surface area contributed by atoms with Crippen LogP contribution in [0, 0.1) is 12.3 Å². The summed E-state index contributed by atoms with van der Waals surface area (Å²) in [5.41, 5.74) is 0. The van der Waals surface area contributed by atoms with Gasteiger partial charge < -0.3 is 19.9 Å². The number of imide groups is 1. The third-order valence-corrected chi connectivity index (χ3v) is 4.07. The van der Waals surface area contributed by atoms with E-state index in [2.05, 4.69) is 11.2 Å². The van der Waals surface area contributed by atoms with Gasteiger partial charge in [0.05, 0.1) is 6.54 Å². The molecule has 2 aromatic rings. The summed E-state index contributed by atoms with van der Waals surface area (Å²) in [6.45, 7) is -0.239. The van der Waals surface area contributed by atoms with Crippen molar-refractivity contribution in [1.29, 1.82) is 0 Å². The number of benzene rings is 2. The van der Waals surface area contributed by atoms with Crippen molar-refractivity contribution in [3.63, 3.8) is 0 Å². The lowest BCUT2D eigenvalue weighted by Crippen LogP contribution is -2.40. The summed E-state index contributed by atoms with van der Waals surface area (Å²) < 4.78 is 11.2. The largest absolute Gasteiger partial charge is 0.491 e. The molecule has 7 heteroatoms. The molecule has 2 atom stereocenters. The van der Waals surface area contributed by atoms with Crippen molar-refractivity contribution in [2.24, 2.45) is 0 Å². The van der Waals surface area contributed by atoms with Gasteiger partial charge in [-0.25, -0.2) is 4.79 Å². The van der Waals surface area contributed by atoms with Crippen LogP contribution < -0.4 is 14.8 Å².